The summed E-state index contributed by atoms with van der Waals surface area (Å²) < 4.78 is 0. The molecule has 0 bridgehead atoms. The first-order valence-electron chi connectivity index (χ1n) is 2.89. The Kier molecular flexibility index (Phi) is 3.62. The summed E-state index contributed by atoms with van der Waals surface area (Å²) in [5.74, 6) is 0.0579. The second-order valence-electron chi connectivity index (χ2n) is 2.18. The summed E-state index contributed by atoms with van der Waals surface area (Å²) in [6.07, 6.45) is 0. The first-order valence-corrected chi connectivity index (χ1v) is 3.33. The van der Waals surface area contributed by atoms with E-state index in [2.05, 4.69) is 0 Å². The van der Waals surface area contributed by atoms with E-state index in [0.717, 1.165) is 0 Å². The summed E-state index contributed by atoms with van der Waals surface area (Å²) in [6, 6.07) is 0. The lowest BCUT2D eigenvalue weighted by molar-refractivity contribution is -0.127. The molecule has 9 heavy (non-hydrogen) atoms. The highest BCUT2D eigenvalue weighted by molar-refractivity contribution is 6.20. The Morgan fingerprint density at radius 3 is 2.33 bits per heavy atom. The minimum absolute atomic E-state index is 0.0406. The van der Waals surface area contributed by atoms with Gasteiger partial charge in [-0.25, -0.2) is 0 Å². The van der Waals surface area contributed by atoms with Crippen LogP contribution >= 0.6 is 11.6 Å². The molecule has 2 nitrogen and oxygen atoms in total. The molecule has 0 N–H and O–H groups in total. The molecule has 1 unspecified atom stereocenters. The van der Waals surface area contributed by atoms with E-state index in [1.165, 1.54) is 6.92 Å². The zero-order valence-corrected chi connectivity index (χ0v) is 6.77. The summed E-state index contributed by atoms with van der Waals surface area (Å²) in [6.45, 7) is 4.01. The Balaban J connectivity index is 3.50. The van der Waals surface area contributed by atoms with Crippen LogP contribution in [0.4, 0.5) is 0 Å². The fourth-order valence-corrected chi connectivity index (χ4v) is 0.713. The molecule has 54 valence electrons. The molecule has 0 rings (SSSR count). The van der Waals surface area contributed by atoms with Gasteiger partial charge in [-0.1, -0.05) is 0 Å². The third-order valence-corrected chi connectivity index (χ3v) is 1.20. The van der Waals surface area contributed by atoms with Gasteiger partial charge < -0.3 is 4.90 Å². The number of rotatable bonds is 2. The minimum atomic E-state index is 0.0406. The molecule has 0 aromatic heterocycles. The van der Waals surface area contributed by atoms with E-state index in [1.54, 1.807) is 11.9 Å². The van der Waals surface area contributed by atoms with Gasteiger partial charge in [-0.05, 0) is 6.92 Å². The number of hydrogen-bond donors (Lipinski definition) is 0. The van der Waals surface area contributed by atoms with Crippen molar-refractivity contribution in [3.05, 3.63) is 0 Å². The van der Waals surface area contributed by atoms with Crippen LogP contribution in [-0.2, 0) is 4.79 Å². The van der Waals surface area contributed by atoms with Crippen molar-refractivity contribution in [3.63, 3.8) is 0 Å². The van der Waals surface area contributed by atoms with Gasteiger partial charge in [0.25, 0.3) is 0 Å². The summed E-state index contributed by atoms with van der Waals surface area (Å²) in [5, 5.41) is 0.0406. The van der Waals surface area contributed by atoms with E-state index in [-0.39, 0.29) is 11.3 Å². The van der Waals surface area contributed by atoms with Gasteiger partial charge in [0.1, 0.15) is 0 Å². The van der Waals surface area contributed by atoms with Crippen molar-refractivity contribution < 1.29 is 4.79 Å². The Bertz CT molecular complexity index is 103. The quantitative estimate of drug-likeness (QED) is 0.539. The van der Waals surface area contributed by atoms with E-state index >= 15 is 0 Å². The Hall–Kier alpha value is -0.240. The predicted octanol–water partition coefficient (Wildman–Crippen LogP) is 1.09. The Morgan fingerprint density at radius 2 is 2.22 bits per heavy atom. The van der Waals surface area contributed by atoms with Crippen molar-refractivity contribution in [1.29, 1.82) is 0 Å². The van der Waals surface area contributed by atoms with Crippen molar-refractivity contribution in [2.24, 2.45) is 0 Å². The van der Waals surface area contributed by atoms with Crippen molar-refractivity contribution in [2.75, 3.05) is 13.6 Å². The van der Waals surface area contributed by atoms with Gasteiger partial charge in [0.15, 0.2) is 0 Å². The minimum Gasteiger partial charge on any atom is -0.345 e. The maximum atomic E-state index is 10.5. The monoisotopic (exact) mass is 149 g/mol. The Labute approximate surface area is 60.8 Å². The van der Waals surface area contributed by atoms with Gasteiger partial charge in [0, 0.05) is 25.9 Å². The maximum Gasteiger partial charge on any atom is 0.219 e. The lowest BCUT2D eigenvalue weighted by Crippen LogP contribution is -2.28. The van der Waals surface area contributed by atoms with Crippen LogP contribution in [0.15, 0.2) is 0 Å². The number of alkyl halides is 1. The molecule has 0 spiro atoms. The molecule has 0 saturated heterocycles. The van der Waals surface area contributed by atoms with Gasteiger partial charge in [-0.3, -0.25) is 4.79 Å². The molecule has 3 heteroatoms. The number of halogens is 1. The molecular formula is C6H12ClNO. The molecule has 0 aromatic carbocycles. The summed E-state index contributed by atoms with van der Waals surface area (Å²) >= 11 is 5.62. The summed E-state index contributed by atoms with van der Waals surface area (Å²) in [5.41, 5.74) is 0. The van der Waals surface area contributed by atoms with Gasteiger partial charge in [-0.15, -0.1) is 11.6 Å². The topological polar surface area (TPSA) is 20.3 Å². The van der Waals surface area contributed by atoms with Crippen LogP contribution in [0.1, 0.15) is 13.8 Å². The van der Waals surface area contributed by atoms with Crippen LogP contribution in [0.25, 0.3) is 0 Å². The third-order valence-electron chi connectivity index (χ3n) is 1.06. The summed E-state index contributed by atoms with van der Waals surface area (Å²) in [7, 11) is 1.74. The highest BCUT2D eigenvalue weighted by Gasteiger charge is 2.04. The van der Waals surface area contributed by atoms with Crippen molar-refractivity contribution in [3.8, 4) is 0 Å². The van der Waals surface area contributed by atoms with Gasteiger partial charge in [0.2, 0.25) is 5.91 Å². The van der Waals surface area contributed by atoms with Crippen LogP contribution in [-0.4, -0.2) is 29.8 Å². The average molecular weight is 150 g/mol. The SMILES string of the molecule is CC(=O)N(C)CC(C)Cl. The van der Waals surface area contributed by atoms with Crippen LogP contribution in [0, 0.1) is 0 Å². The van der Waals surface area contributed by atoms with Gasteiger partial charge in [0.05, 0.1) is 0 Å². The van der Waals surface area contributed by atoms with Crippen molar-refractivity contribution in [2.45, 2.75) is 19.2 Å². The standard InChI is InChI=1S/C6H12ClNO/c1-5(7)4-8(3)6(2)9/h5H,4H2,1-3H3. The Morgan fingerprint density at radius 1 is 1.78 bits per heavy atom. The predicted molar refractivity (Wildman–Crippen MR) is 38.6 cm³/mol. The fourth-order valence-electron chi connectivity index (χ4n) is 0.506. The zero-order valence-electron chi connectivity index (χ0n) is 6.02. The summed E-state index contributed by atoms with van der Waals surface area (Å²) in [4.78, 5) is 12.1. The smallest absolute Gasteiger partial charge is 0.219 e. The van der Waals surface area contributed by atoms with Crippen LogP contribution in [0.2, 0.25) is 0 Å². The van der Waals surface area contributed by atoms with Crippen molar-refractivity contribution >= 4 is 17.5 Å². The number of carbonyl (C=O) groups is 1. The van der Waals surface area contributed by atoms with Crippen LogP contribution in [0.5, 0.6) is 0 Å². The average Bonchev–Trinajstić information content (AvgIpc) is 1.63. The molecule has 1 amide bonds. The molecule has 0 fully saturated rings. The molecule has 0 heterocycles. The van der Waals surface area contributed by atoms with Crippen LogP contribution < -0.4 is 0 Å². The molecule has 0 saturated carbocycles. The van der Waals surface area contributed by atoms with Crippen LogP contribution in [0.3, 0.4) is 0 Å². The molecular weight excluding hydrogens is 138 g/mol. The molecule has 1 atom stereocenters. The number of hydrogen-bond acceptors (Lipinski definition) is 1. The highest BCUT2D eigenvalue weighted by atomic mass is 35.5. The van der Waals surface area contributed by atoms with E-state index < -0.39 is 0 Å². The lowest BCUT2D eigenvalue weighted by atomic mass is 10.4. The second-order valence-corrected chi connectivity index (χ2v) is 2.93. The second kappa shape index (κ2) is 3.72. The van der Waals surface area contributed by atoms with E-state index in [9.17, 15) is 4.79 Å². The third kappa shape index (κ3) is 4.28. The highest BCUT2D eigenvalue weighted by Crippen LogP contribution is 1.95. The molecule has 0 aliphatic rings. The molecule has 0 radical (unpaired) electrons. The first kappa shape index (κ1) is 8.76. The molecule has 0 aliphatic carbocycles. The van der Waals surface area contributed by atoms with Crippen molar-refractivity contribution in [1.82, 2.24) is 4.90 Å². The number of nitrogens with zero attached hydrogens (tertiary/aromatic N) is 1. The fraction of sp³-hybridized carbons (Fsp3) is 0.833. The van der Waals surface area contributed by atoms with E-state index in [0.29, 0.717) is 6.54 Å². The largest absolute Gasteiger partial charge is 0.345 e. The van der Waals surface area contributed by atoms with E-state index in [1.807, 2.05) is 6.92 Å². The van der Waals surface area contributed by atoms with Gasteiger partial charge >= 0.3 is 0 Å². The first-order chi connectivity index (χ1) is 4.04. The maximum absolute atomic E-state index is 10.5. The lowest BCUT2D eigenvalue weighted by Gasteiger charge is -2.15. The number of amides is 1. The van der Waals surface area contributed by atoms with E-state index in [4.69, 9.17) is 11.6 Å². The molecule has 0 aliphatic heterocycles. The van der Waals surface area contributed by atoms with Gasteiger partial charge in [-0.2, -0.15) is 0 Å². The number of carbonyl (C=O) groups excluding carboxylic acids is 1. The zero-order chi connectivity index (χ0) is 7.44. The normalized spacial score (nSPS) is 12.9. The molecule has 0 aromatic rings.